The van der Waals surface area contributed by atoms with Gasteiger partial charge in [0, 0.05) is 5.56 Å². The number of hydrogen-bond donors (Lipinski definition) is 1. The van der Waals surface area contributed by atoms with E-state index in [1.807, 2.05) is 6.07 Å². The first-order valence-corrected chi connectivity index (χ1v) is 7.52. The van der Waals surface area contributed by atoms with Crippen molar-refractivity contribution in [1.82, 2.24) is 5.32 Å². The number of amides is 1. The molecule has 2 aromatic rings. The Morgan fingerprint density at radius 3 is 2.40 bits per heavy atom. The minimum absolute atomic E-state index is 0.0681. The SMILES string of the molecule is COc1ccc(C(C)NC(=O)c2cccc(OC(F)F)c2)cc1OC. The minimum Gasteiger partial charge on any atom is -0.493 e. The van der Waals surface area contributed by atoms with E-state index in [1.165, 1.54) is 38.5 Å². The minimum atomic E-state index is -2.94. The van der Waals surface area contributed by atoms with Gasteiger partial charge >= 0.3 is 6.61 Å². The first-order valence-electron chi connectivity index (χ1n) is 7.52. The molecule has 0 saturated heterocycles. The maximum Gasteiger partial charge on any atom is 0.387 e. The van der Waals surface area contributed by atoms with Gasteiger partial charge in [-0.1, -0.05) is 12.1 Å². The Kier molecular flexibility index (Phi) is 6.16. The van der Waals surface area contributed by atoms with Gasteiger partial charge in [0.25, 0.3) is 5.91 Å². The van der Waals surface area contributed by atoms with Crippen molar-refractivity contribution >= 4 is 5.91 Å². The van der Waals surface area contributed by atoms with Crippen LogP contribution < -0.4 is 19.5 Å². The van der Waals surface area contributed by atoms with Crippen molar-refractivity contribution in [2.24, 2.45) is 0 Å². The smallest absolute Gasteiger partial charge is 0.387 e. The summed E-state index contributed by atoms with van der Waals surface area (Å²) in [6, 6.07) is 10.6. The Labute approximate surface area is 144 Å². The standard InChI is InChI=1S/C18H19F2NO4/c1-11(12-7-8-15(23-2)16(10-12)24-3)21-17(22)13-5-4-6-14(9-13)25-18(19)20/h4-11,18H,1-3H3,(H,21,22). The molecule has 1 atom stereocenters. The molecule has 1 amide bonds. The molecule has 0 bridgehead atoms. The second-order valence-electron chi connectivity index (χ2n) is 5.22. The Balaban J connectivity index is 2.12. The summed E-state index contributed by atoms with van der Waals surface area (Å²) in [5, 5.41) is 2.80. The van der Waals surface area contributed by atoms with Gasteiger partial charge in [-0.2, -0.15) is 8.78 Å². The number of nitrogens with one attached hydrogen (secondary N) is 1. The van der Waals surface area contributed by atoms with Crippen LogP contribution in [0.2, 0.25) is 0 Å². The molecule has 0 aromatic heterocycles. The highest BCUT2D eigenvalue weighted by molar-refractivity contribution is 5.94. The van der Waals surface area contributed by atoms with E-state index in [4.69, 9.17) is 9.47 Å². The van der Waals surface area contributed by atoms with Crippen molar-refractivity contribution in [3.8, 4) is 17.2 Å². The second-order valence-corrected chi connectivity index (χ2v) is 5.22. The van der Waals surface area contributed by atoms with Gasteiger partial charge in [0.15, 0.2) is 11.5 Å². The maximum absolute atomic E-state index is 12.3. The molecule has 2 aromatic carbocycles. The summed E-state index contributed by atoms with van der Waals surface area (Å²) in [4.78, 5) is 12.3. The molecule has 0 spiro atoms. The van der Waals surface area contributed by atoms with Crippen molar-refractivity contribution in [2.75, 3.05) is 14.2 Å². The zero-order valence-electron chi connectivity index (χ0n) is 14.1. The normalized spacial score (nSPS) is 11.8. The van der Waals surface area contributed by atoms with E-state index in [1.54, 1.807) is 19.1 Å². The zero-order valence-corrected chi connectivity index (χ0v) is 14.1. The molecule has 0 aliphatic heterocycles. The largest absolute Gasteiger partial charge is 0.493 e. The summed E-state index contributed by atoms with van der Waals surface area (Å²) in [6.07, 6.45) is 0. The summed E-state index contributed by atoms with van der Waals surface area (Å²) in [5.41, 5.74) is 1.04. The van der Waals surface area contributed by atoms with Crippen LogP contribution in [0, 0.1) is 0 Å². The van der Waals surface area contributed by atoms with E-state index in [-0.39, 0.29) is 17.4 Å². The van der Waals surface area contributed by atoms with Crippen LogP contribution in [0.5, 0.6) is 17.2 Å². The highest BCUT2D eigenvalue weighted by Crippen LogP contribution is 2.30. The van der Waals surface area contributed by atoms with Crippen molar-refractivity contribution in [3.05, 3.63) is 53.6 Å². The number of carbonyl (C=O) groups excluding carboxylic acids is 1. The van der Waals surface area contributed by atoms with Crippen molar-refractivity contribution in [2.45, 2.75) is 19.6 Å². The fraction of sp³-hybridized carbons (Fsp3) is 0.278. The lowest BCUT2D eigenvalue weighted by atomic mass is 10.1. The van der Waals surface area contributed by atoms with Gasteiger partial charge in [0.1, 0.15) is 5.75 Å². The molecule has 0 saturated carbocycles. The fourth-order valence-corrected chi connectivity index (χ4v) is 2.30. The third-order valence-electron chi connectivity index (χ3n) is 3.58. The van der Waals surface area contributed by atoms with E-state index < -0.39 is 12.5 Å². The monoisotopic (exact) mass is 351 g/mol. The third-order valence-corrected chi connectivity index (χ3v) is 3.58. The molecule has 0 fully saturated rings. The number of carbonyl (C=O) groups is 1. The lowest BCUT2D eigenvalue weighted by Gasteiger charge is -2.17. The molecule has 25 heavy (non-hydrogen) atoms. The van der Waals surface area contributed by atoms with Crippen LogP contribution >= 0.6 is 0 Å². The van der Waals surface area contributed by atoms with Gasteiger partial charge in [-0.05, 0) is 42.8 Å². The van der Waals surface area contributed by atoms with Crippen LogP contribution in [-0.2, 0) is 0 Å². The highest BCUT2D eigenvalue weighted by atomic mass is 19.3. The Bertz CT molecular complexity index is 737. The Hall–Kier alpha value is -2.83. The average molecular weight is 351 g/mol. The average Bonchev–Trinajstić information content (AvgIpc) is 2.60. The van der Waals surface area contributed by atoms with E-state index in [0.29, 0.717) is 11.5 Å². The van der Waals surface area contributed by atoms with E-state index in [9.17, 15) is 13.6 Å². The van der Waals surface area contributed by atoms with Gasteiger partial charge in [0.05, 0.1) is 20.3 Å². The summed E-state index contributed by atoms with van der Waals surface area (Å²) < 4.78 is 39.3. The number of rotatable bonds is 7. The summed E-state index contributed by atoms with van der Waals surface area (Å²) in [6.45, 7) is -1.14. The predicted octanol–water partition coefficient (Wildman–Crippen LogP) is 3.80. The quantitative estimate of drug-likeness (QED) is 0.824. The maximum atomic E-state index is 12.3. The molecule has 1 N–H and O–H groups in total. The molecule has 0 radical (unpaired) electrons. The first kappa shape index (κ1) is 18.5. The predicted molar refractivity (Wildman–Crippen MR) is 88.5 cm³/mol. The molecule has 1 unspecified atom stereocenters. The molecule has 0 aliphatic carbocycles. The van der Waals surface area contributed by atoms with Gasteiger partial charge in [-0.25, -0.2) is 0 Å². The molecular weight excluding hydrogens is 332 g/mol. The van der Waals surface area contributed by atoms with Crippen LogP contribution in [0.3, 0.4) is 0 Å². The second kappa shape index (κ2) is 8.32. The van der Waals surface area contributed by atoms with E-state index in [2.05, 4.69) is 10.1 Å². The van der Waals surface area contributed by atoms with Gasteiger partial charge < -0.3 is 19.5 Å². The van der Waals surface area contributed by atoms with Crippen LogP contribution in [0.15, 0.2) is 42.5 Å². The number of methoxy groups -OCH3 is 2. The first-order chi connectivity index (χ1) is 11.9. The molecule has 7 heteroatoms. The topological polar surface area (TPSA) is 56.8 Å². The lowest BCUT2D eigenvalue weighted by molar-refractivity contribution is -0.0498. The molecule has 134 valence electrons. The van der Waals surface area contributed by atoms with Crippen LogP contribution in [-0.4, -0.2) is 26.7 Å². The molecular formula is C18H19F2NO4. The molecule has 5 nitrogen and oxygen atoms in total. The molecule has 2 rings (SSSR count). The number of ether oxygens (including phenoxy) is 3. The number of halogens is 2. The Morgan fingerprint density at radius 2 is 1.76 bits per heavy atom. The number of hydrogen-bond acceptors (Lipinski definition) is 4. The number of benzene rings is 2. The van der Waals surface area contributed by atoms with Crippen LogP contribution in [0.25, 0.3) is 0 Å². The van der Waals surface area contributed by atoms with Gasteiger partial charge in [-0.15, -0.1) is 0 Å². The third kappa shape index (κ3) is 4.82. The summed E-state index contributed by atoms with van der Waals surface area (Å²) in [5.74, 6) is 0.665. The highest BCUT2D eigenvalue weighted by Gasteiger charge is 2.15. The van der Waals surface area contributed by atoms with E-state index in [0.717, 1.165) is 5.56 Å². The van der Waals surface area contributed by atoms with Crippen molar-refractivity contribution in [3.63, 3.8) is 0 Å². The summed E-state index contributed by atoms with van der Waals surface area (Å²) in [7, 11) is 3.07. The van der Waals surface area contributed by atoms with E-state index >= 15 is 0 Å². The molecule has 0 heterocycles. The van der Waals surface area contributed by atoms with Gasteiger partial charge in [0.2, 0.25) is 0 Å². The van der Waals surface area contributed by atoms with Crippen LogP contribution in [0.4, 0.5) is 8.78 Å². The van der Waals surface area contributed by atoms with Gasteiger partial charge in [-0.3, -0.25) is 4.79 Å². The summed E-state index contributed by atoms with van der Waals surface area (Å²) >= 11 is 0. The van der Waals surface area contributed by atoms with Crippen LogP contribution in [0.1, 0.15) is 28.9 Å². The Morgan fingerprint density at radius 1 is 1.04 bits per heavy atom. The van der Waals surface area contributed by atoms with Crippen molar-refractivity contribution in [1.29, 1.82) is 0 Å². The van der Waals surface area contributed by atoms with Crippen molar-refractivity contribution < 1.29 is 27.8 Å². The molecule has 0 aliphatic rings. The fourth-order valence-electron chi connectivity index (χ4n) is 2.30. The number of alkyl halides is 2. The zero-order chi connectivity index (χ0) is 18.4. The lowest BCUT2D eigenvalue weighted by Crippen LogP contribution is -2.26.